The van der Waals surface area contributed by atoms with Crippen LogP contribution in [0.4, 0.5) is 0 Å². The third-order valence-electron chi connectivity index (χ3n) is 5.47. The second-order valence-corrected chi connectivity index (χ2v) is 8.02. The molecule has 0 aliphatic carbocycles. The van der Waals surface area contributed by atoms with E-state index >= 15 is 0 Å². The molecule has 0 saturated heterocycles. The van der Waals surface area contributed by atoms with Crippen molar-refractivity contribution in [3.63, 3.8) is 0 Å². The van der Waals surface area contributed by atoms with Gasteiger partial charge in [-0.15, -0.1) is 0 Å². The highest BCUT2D eigenvalue weighted by Gasteiger charge is 2.47. The Morgan fingerprint density at radius 1 is 0.679 bits per heavy atom. The summed E-state index contributed by atoms with van der Waals surface area (Å²) in [6.07, 6.45) is 16.3. The van der Waals surface area contributed by atoms with E-state index in [1.165, 1.54) is 70.6 Å². The minimum atomic E-state index is -2.61. The van der Waals surface area contributed by atoms with E-state index in [1.54, 1.807) is 0 Å². The van der Waals surface area contributed by atoms with Crippen LogP contribution in [0.5, 0.6) is 0 Å². The van der Waals surface area contributed by atoms with E-state index in [0.717, 1.165) is 25.7 Å². The lowest BCUT2D eigenvalue weighted by molar-refractivity contribution is -0.184. The fourth-order valence-corrected chi connectivity index (χ4v) is 3.51. The van der Waals surface area contributed by atoms with Crippen LogP contribution in [0.25, 0.3) is 0 Å². The number of aliphatic hydroxyl groups excluding tert-OH is 1. The topological polar surface area (TPSA) is 115 Å². The number of aliphatic hydroxyl groups is 2. The summed E-state index contributed by atoms with van der Waals surface area (Å²) in [7, 11) is 0. The van der Waals surface area contributed by atoms with E-state index in [-0.39, 0.29) is 6.42 Å². The molecule has 0 aromatic rings. The second-order valence-electron chi connectivity index (χ2n) is 8.02. The van der Waals surface area contributed by atoms with Crippen molar-refractivity contribution in [3.8, 4) is 0 Å². The quantitative estimate of drug-likeness (QED) is 0.215. The lowest BCUT2D eigenvalue weighted by Gasteiger charge is -2.25. The molecule has 0 aromatic heterocycles. The molecule has 4 N–H and O–H groups in total. The third kappa shape index (κ3) is 12.3. The third-order valence-corrected chi connectivity index (χ3v) is 5.47. The Labute approximate surface area is 170 Å². The van der Waals surface area contributed by atoms with Crippen LogP contribution in [0.2, 0.25) is 0 Å². The summed E-state index contributed by atoms with van der Waals surface area (Å²) in [5.74, 6) is -3.41. The summed E-state index contributed by atoms with van der Waals surface area (Å²) in [5, 5.41) is 37.1. The summed E-state index contributed by atoms with van der Waals surface area (Å²) in [6, 6.07) is 0. The van der Waals surface area contributed by atoms with Crippen molar-refractivity contribution in [1.29, 1.82) is 0 Å². The normalized spacial score (nSPS) is 14.5. The average Bonchev–Trinajstić information content (AvgIpc) is 2.66. The summed E-state index contributed by atoms with van der Waals surface area (Å²) >= 11 is 0. The molecule has 0 aliphatic rings. The van der Waals surface area contributed by atoms with Gasteiger partial charge in [0.05, 0.1) is 0 Å². The Hall–Kier alpha value is -1.14. The molecule has 166 valence electrons. The molecule has 0 amide bonds. The summed E-state index contributed by atoms with van der Waals surface area (Å²) in [5.41, 5.74) is -2.61. The van der Waals surface area contributed by atoms with Crippen molar-refractivity contribution < 1.29 is 30.0 Å². The molecule has 0 radical (unpaired) electrons. The van der Waals surface area contributed by atoms with Crippen molar-refractivity contribution in [2.45, 2.75) is 128 Å². The van der Waals surface area contributed by atoms with E-state index in [1.807, 2.05) is 0 Å². The molecule has 0 spiro atoms. The van der Waals surface area contributed by atoms with Gasteiger partial charge in [-0.2, -0.15) is 0 Å². The Morgan fingerprint density at radius 3 is 1.29 bits per heavy atom. The summed E-state index contributed by atoms with van der Waals surface area (Å²) in [4.78, 5) is 21.8. The van der Waals surface area contributed by atoms with Gasteiger partial charge in [-0.25, -0.2) is 9.59 Å². The highest BCUT2D eigenvalue weighted by molar-refractivity contribution is 5.87. The molecular weight excluding hydrogens is 360 g/mol. The summed E-state index contributed by atoms with van der Waals surface area (Å²) < 4.78 is 0. The molecule has 0 aliphatic heterocycles. The summed E-state index contributed by atoms with van der Waals surface area (Å²) in [6.45, 7) is 2.24. The first-order chi connectivity index (χ1) is 13.4. The van der Waals surface area contributed by atoms with E-state index in [4.69, 9.17) is 10.2 Å². The molecule has 2 unspecified atom stereocenters. The van der Waals surface area contributed by atoms with Gasteiger partial charge in [-0.05, 0) is 12.8 Å². The number of aliphatic carboxylic acids is 2. The van der Waals surface area contributed by atoms with Gasteiger partial charge in [0.15, 0.2) is 11.7 Å². The Kier molecular flexibility index (Phi) is 16.1. The number of carboxylic acids is 2. The molecule has 0 fully saturated rings. The number of carboxylic acid groups (broad SMARTS) is 2. The van der Waals surface area contributed by atoms with Gasteiger partial charge in [0.2, 0.25) is 0 Å². The zero-order chi connectivity index (χ0) is 21.3. The van der Waals surface area contributed by atoms with Crippen LogP contribution in [0.1, 0.15) is 116 Å². The predicted molar refractivity (Wildman–Crippen MR) is 110 cm³/mol. The largest absolute Gasteiger partial charge is 0.479 e. The van der Waals surface area contributed by atoms with Gasteiger partial charge in [0.25, 0.3) is 0 Å². The fourth-order valence-electron chi connectivity index (χ4n) is 3.51. The van der Waals surface area contributed by atoms with E-state index in [2.05, 4.69) is 6.92 Å². The minimum Gasteiger partial charge on any atom is -0.479 e. The molecule has 0 heterocycles. The molecule has 0 aromatic carbocycles. The number of carbonyl (C=O) groups is 2. The highest BCUT2D eigenvalue weighted by atomic mass is 16.4. The van der Waals surface area contributed by atoms with Crippen LogP contribution in [0.3, 0.4) is 0 Å². The van der Waals surface area contributed by atoms with Crippen molar-refractivity contribution in [1.82, 2.24) is 0 Å². The molecule has 0 bridgehead atoms. The van der Waals surface area contributed by atoms with Crippen LogP contribution in [0.15, 0.2) is 0 Å². The molecular formula is C22H42O6. The van der Waals surface area contributed by atoms with Crippen molar-refractivity contribution in [2.24, 2.45) is 0 Å². The maximum Gasteiger partial charge on any atom is 0.339 e. The molecule has 2 atom stereocenters. The van der Waals surface area contributed by atoms with Gasteiger partial charge in [-0.3, -0.25) is 0 Å². The minimum absolute atomic E-state index is 0.256. The molecule has 0 rings (SSSR count). The zero-order valence-electron chi connectivity index (χ0n) is 17.7. The van der Waals surface area contributed by atoms with Gasteiger partial charge in [0, 0.05) is 0 Å². The van der Waals surface area contributed by atoms with Gasteiger partial charge >= 0.3 is 11.9 Å². The molecule has 28 heavy (non-hydrogen) atoms. The molecule has 6 nitrogen and oxygen atoms in total. The van der Waals surface area contributed by atoms with Gasteiger partial charge in [0.1, 0.15) is 0 Å². The van der Waals surface area contributed by atoms with Crippen LogP contribution >= 0.6 is 0 Å². The number of hydrogen-bond donors (Lipinski definition) is 4. The molecule has 6 heteroatoms. The van der Waals surface area contributed by atoms with Gasteiger partial charge in [-0.1, -0.05) is 103 Å². The smallest absolute Gasteiger partial charge is 0.339 e. The predicted octanol–water partition coefficient (Wildman–Crippen LogP) is 4.90. The van der Waals surface area contributed by atoms with Crippen LogP contribution in [-0.4, -0.2) is 44.1 Å². The van der Waals surface area contributed by atoms with Crippen LogP contribution in [-0.2, 0) is 9.59 Å². The maximum absolute atomic E-state index is 11.1. The van der Waals surface area contributed by atoms with E-state index in [0.29, 0.717) is 6.42 Å². The Bertz CT molecular complexity index is 412. The lowest BCUT2D eigenvalue weighted by Crippen LogP contribution is -2.53. The average molecular weight is 403 g/mol. The number of hydrogen-bond acceptors (Lipinski definition) is 4. The van der Waals surface area contributed by atoms with Crippen LogP contribution < -0.4 is 0 Å². The van der Waals surface area contributed by atoms with E-state index < -0.39 is 23.6 Å². The van der Waals surface area contributed by atoms with Crippen molar-refractivity contribution in [2.75, 3.05) is 0 Å². The Morgan fingerprint density at radius 2 is 1.00 bits per heavy atom. The van der Waals surface area contributed by atoms with Crippen molar-refractivity contribution >= 4 is 11.9 Å². The zero-order valence-corrected chi connectivity index (χ0v) is 17.7. The maximum atomic E-state index is 11.1. The van der Waals surface area contributed by atoms with E-state index in [9.17, 15) is 19.8 Å². The first-order valence-corrected chi connectivity index (χ1v) is 11.2. The number of rotatable bonds is 20. The number of unbranched alkanes of at least 4 members (excludes halogenated alkanes) is 15. The fraction of sp³-hybridized carbons (Fsp3) is 0.909. The molecule has 0 saturated carbocycles. The van der Waals surface area contributed by atoms with Crippen LogP contribution in [0, 0.1) is 0 Å². The standard InChI is InChI=1S/C22H42O6/c1-2-3-4-5-6-7-8-9-10-11-12-13-14-15-16-17-18-22(28,21(26)27)19(23)20(24)25/h19,23,28H,2-18H2,1H3,(H,24,25)(H,26,27). The monoisotopic (exact) mass is 402 g/mol. The Balaban J connectivity index is 3.52. The van der Waals surface area contributed by atoms with Gasteiger partial charge < -0.3 is 20.4 Å². The van der Waals surface area contributed by atoms with Crippen molar-refractivity contribution in [3.05, 3.63) is 0 Å². The SMILES string of the molecule is CCCCCCCCCCCCCCCCCCC(O)(C(=O)O)C(O)C(=O)O. The lowest BCUT2D eigenvalue weighted by atomic mass is 9.90. The first kappa shape index (κ1) is 26.9. The first-order valence-electron chi connectivity index (χ1n) is 11.2. The highest BCUT2D eigenvalue weighted by Crippen LogP contribution is 2.21. The second kappa shape index (κ2) is 16.8.